The Balaban J connectivity index is 0.929. The zero-order chi connectivity index (χ0) is 35.4. The van der Waals surface area contributed by atoms with Gasteiger partial charge in [-0.25, -0.2) is 9.97 Å². The van der Waals surface area contributed by atoms with Crippen LogP contribution >= 0.6 is 0 Å². The van der Waals surface area contributed by atoms with E-state index < -0.39 is 0 Å². The Kier molecular flexibility index (Phi) is 5.98. The maximum absolute atomic E-state index is 5.20. The molecule has 12 rings (SSSR count). The molecule has 0 aliphatic heterocycles. The molecule has 2 aliphatic carbocycles. The summed E-state index contributed by atoms with van der Waals surface area (Å²) >= 11 is 0. The smallest absolute Gasteiger partial charge is 0.165 e. The molecule has 0 atom stereocenters. The minimum Gasteiger partial charge on any atom is -0.284 e. The maximum Gasteiger partial charge on any atom is 0.165 e. The summed E-state index contributed by atoms with van der Waals surface area (Å²) in [6.07, 6.45) is 2.04. The zero-order valence-electron chi connectivity index (χ0n) is 29.2. The van der Waals surface area contributed by atoms with E-state index in [-0.39, 0.29) is 5.41 Å². The van der Waals surface area contributed by atoms with Crippen LogP contribution in [-0.4, -0.2) is 14.4 Å². The number of pyridine rings is 2. The molecule has 0 unspecified atom stereocenters. The van der Waals surface area contributed by atoms with Crippen molar-refractivity contribution in [3.8, 4) is 55.8 Å². The van der Waals surface area contributed by atoms with Crippen LogP contribution < -0.4 is 0 Å². The van der Waals surface area contributed by atoms with Crippen LogP contribution in [-0.2, 0) is 5.41 Å². The van der Waals surface area contributed by atoms with Gasteiger partial charge in [0.25, 0.3) is 0 Å². The fourth-order valence-electron chi connectivity index (χ4n) is 9.50. The zero-order valence-corrected chi connectivity index (χ0v) is 29.2. The molecule has 3 aromatic heterocycles. The van der Waals surface area contributed by atoms with Crippen molar-refractivity contribution in [2.24, 2.45) is 0 Å². The maximum atomic E-state index is 5.20. The van der Waals surface area contributed by atoms with Crippen molar-refractivity contribution in [3.05, 3.63) is 210 Å². The lowest BCUT2D eigenvalue weighted by Crippen LogP contribution is -2.25. The summed E-state index contributed by atoms with van der Waals surface area (Å²) in [4.78, 5) is 10.1. The first-order valence-corrected chi connectivity index (χ1v) is 18.6. The number of fused-ring (bicyclic) bond motifs is 15. The number of hydrogen-bond donors (Lipinski definition) is 0. The number of aromatic nitrogens is 3. The quantitative estimate of drug-likeness (QED) is 0.185. The topological polar surface area (TPSA) is 30.2 Å². The number of rotatable bonds is 3. The van der Waals surface area contributed by atoms with Gasteiger partial charge in [0.1, 0.15) is 11.2 Å². The van der Waals surface area contributed by atoms with Gasteiger partial charge in [-0.2, -0.15) is 0 Å². The summed E-state index contributed by atoms with van der Waals surface area (Å²) in [5.41, 5.74) is 20.0. The Morgan fingerprint density at radius 2 is 0.852 bits per heavy atom. The largest absolute Gasteiger partial charge is 0.284 e. The number of benzene rings is 7. The molecule has 0 saturated carbocycles. The monoisotopic (exact) mass is 685 g/mol. The van der Waals surface area contributed by atoms with Crippen LogP contribution in [0, 0.1) is 0 Å². The van der Waals surface area contributed by atoms with E-state index in [1.54, 1.807) is 0 Å². The van der Waals surface area contributed by atoms with Gasteiger partial charge in [-0.3, -0.25) is 4.40 Å². The summed E-state index contributed by atoms with van der Waals surface area (Å²) < 4.78 is 2.08. The molecule has 0 amide bonds. The van der Waals surface area contributed by atoms with Crippen molar-refractivity contribution in [2.45, 2.75) is 5.41 Å². The van der Waals surface area contributed by atoms with Crippen LogP contribution in [0.1, 0.15) is 22.3 Å². The van der Waals surface area contributed by atoms with E-state index in [4.69, 9.17) is 9.97 Å². The summed E-state index contributed by atoms with van der Waals surface area (Å²) in [5.74, 6) is 0. The van der Waals surface area contributed by atoms with Gasteiger partial charge in [0, 0.05) is 22.5 Å². The molecule has 10 aromatic rings. The van der Waals surface area contributed by atoms with Crippen LogP contribution in [0.2, 0.25) is 0 Å². The van der Waals surface area contributed by atoms with Gasteiger partial charge in [0.15, 0.2) is 5.65 Å². The second kappa shape index (κ2) is 11.0. The highest BCUT2D eigenvalue weighted by atomic mass is 15.1. The van der Waals surface area contributed by atoms with E-state index in [1.165, 1.54) is 66.8 Å². The van der Waals surface area contributed by atoms with E-state index in [9.17, 15) is 0 Å². The molecule has 54 heavy (non-hydrogen) atoms. The highest BCUT2D eigenvalue weighted by Gasteiger charge is 2.51. The second-order valence-electron chi connectivity index (χ2n) is 14.5. The summed E-state index contributed by atoms with van der Waals surface area (Å²) in [7, 11) is 0. The number of hydrogen-bond acceptors (Lipinski definition) is 2. The van der Waals surface area contributed by atoms with Crippen LogP contribution in [0.4, 0.5) is 0 Å². The normalized spacial score (nSPS) is 13.3. The Morgan fingerprint density at radius 1 is 0.370 bits per heavy atom. The highest BCUT2D eigenvalue weighted by molar-refractivity contribution is 6.09. The van der Waals surface area contributed by atoms with Gasteiger partial charge < -0.3 is 0 Å². The van der Waals surface area contributed by atoms with Crippen molar-refractivity contribution < 1.29 is 0 Å². The third kappa shape index (κ3) is 3.90. The van der Waals surface area contributed by atoms with Crippen molar-refractivity contribution in [1.29, 1.82) is 0 Å². The van der Waals surface area contributed by atoms with Crippen LogP contribution in [0.15, 0.2) is 188 Å². The van der Waals surface area contributed by atoms with Gasteiger partial charge >= 0.3 is 0 Å². The molecule has 3 heteroatoms. The summed E-state index contributed by atoms with van der Waals surface area (Å²) in [6.45, 7) is 0. The molecule has 2 aliphatic rings. The molecule has 0 N–H and O–H groups in total. The summed E-state index contributed by atoms with van der Waals surface area (Å²) in [6, 6.07) is 66.5. The number of imidazole rings is 1. The predicted molar refractivity (Wildman–Crippen MR) is 221 cm³/mol. The Labute approximate surface area is 312 Å². The summed E-state index contributed by atoms with van der Waals surface area (Å²) in [5, 5.41) is 2.22. The second-order valence-corrected chi connectivity index (χ2v) is 14.5. The molecular weight excluding hydrogens is 655 g/mol. The first kappa shape index (κ1) is 29.5. The Morgan fingerprint density at radius 3 is 1.48 bits per heavy atom. The van der Waals surface area contributed by atoms with Gasteiger partial charge in [-0.1, -0.05) is 164 Å². The van der Waals surface area contributed by atoms with Crippen molar-refractivity contribution in [2.75, 3.05) is 0 Å². The first-order chi connectivity index (χ1) is 26.8. The van der Waals surface area contributed by atoms with E-state index in [0.717, 1.165) is 38.8 Å². The molecule has 3 nitrogen and oxygen atoms in total. The first-order valence-electron chi connectivity index (χ1n) is 18.6. The minimum absolute atomic E-state index is 0.341. The average Bonchev–Trinajstić information content (AvgIpc) is 3.88. The fourth-order valence-corrected chi connectivity index (χ4v) is 9.50. The van der Waals surface area contributed by atoms with Crippen LogP contribution in [0.5, 0.6) is 0 Å². The van der Waals surface area contributed by atoms with E-state index in [1.807, 2.05) is 24.4 Å². The molecule has 0 radical (unpaired) electrons. The van der Waals surface area contributed by atoms with Crippen molar-refractivity contribution in [1.82, 2.24) is 14.4 Å². The van der Waals surface area contributed by atoms with Crippen LogP contribution in [0.25, 0.3) is 83.3 Å². The highest BCUT2D eigenvalue weighted by Crippen LogP contribution is 2.63. The molecular formula is C51H31N3. The standard InChI is InChI=1S/C51H31N3/c1-2-15-42-41(14-1)48(53-50-49(42)52-47-19-9-10-30-54(47)50)35-26-24-33(25-27-35)32-20-22-34(23-21-32)36-28-29-40-39-13-5-8-18-45(39)51(46(40)31-36)43-16-6-3-11-37(43)38-12-4-7-17-44(38)51/h1-31H. The molecule has 0 saturated heterocycles. The van der Waals surface area contributed by atoms with Crippen molar-refractivity contribution >= 4 is 27.6 Å². The molecule has 7 aromatic carbocycles. The lowest BCUT2D eigenvalue weighted by Gasteiger charge is -2.30. The van der Waals surface area contributed by atoms with E-state index in [2.05, 4.69) is 168 Å². The van der Waals surface area contributed by atoms with Gasteiger partial charge in [0.2, 0.25) is 0 Å². The minimum atomic E-state index is -0.341. The average molecular weight is 686 g/mol. The SMILES string of the molecule is c1ccc2c(c1)-c1ccccc1C21c2ccccc2-c2ccc(-c3ccc(-c4ccc(-c5nc6c(nc7ccccn76)c6ccccc56)cc4)cc3)cc21. The molecule has 0 bridgehead atoms. The van der Waals surface area contributed by atoms with E-state index >= 15 is 0 Å². The molecule has 250 valence electrons. The molecule has 0 fully saturated rings. The predicted octanol–water partition coefficient (Wildman–Crippen LogP) is 12.4. The molecule has 1 spiro atoms. The third-order valence-electron chi connectivity index (χ3n) is 11.9. The molecule has 3 heterocycles. The van der Waals surface area contributed by atoms with Gasteiger partial charge in [-0.15, -0.1) is 0 Å². The van der Waals surface area contributed by atoms with Gasteiger partial charge in [0.05, 0.1) is 11.1 Å². The Hall–Kier alpha value is -7.10. The van der Waals surface area contributed by atoms with Gasteiger partial charge in [-0.05, 0) is 85.0 Å². The lowest BCUT2D eigenvalue weighted by atomic mass is 9.70. The Bertz CT molecular complexity index is 3090. The third-order valence-corrected chi connectivity index (χ3v) is 11.9. The van der Waals surface area contributed by atoms with Crippen LogP contribution in [0.3, 0.4) is 0 Å². The fraction of sp³-hybridized carbons (Fsp3) is 0.0196. The van der Waals surface area contributed by atoms with E-state index in [0.29, 0.717) is 0 Å². The number of nitrogens with zero attached hydrogens (tertiary/aromatic N) is 3. The lowest BCUT2D eigenvalue weighted by molar-refractivity contribution is 0.794. The van der Waals surface area contributed by atoms with Crippen molar-refractivity contribution in [3.63, 3.8) is 0 Å².